The summed E-state index contributed by atoms with van der Waals surface area (Å²) in [6.07, 6.45) is 2.68. The molecule has 0 saturated carbocycles. The summed E-state index contributed by atoms with van der Waals surface area (Å²) in [5.41, 5.74) is 1.27. The Morgan fingerprint density at radius 3 is 2.67 bits per heavy atom. The standard InChI is InChI=1S/C16H18BrN3O/c1-3-11(2)19-15-9-8-12(10-18-15)20-16(21)13-6-4-5-7-14(13)17/h4-11H,3H2,1-2H3,(H,18,19)(H,20,21). The molecule has 0 aliphatic carbocycles. The smallest absolute Gasteiger partial charge is 0.256 e. The monoisotopic (exact) mass is 347 g/mol. The average molecular weight is 348 g/mol. The van der Waals surface area contributed by atoms with Crippen LogP contribution in [0.5, 0.6) is 0 Å². The van der Waals surface area contributed by atoms with E-state index >= 15 is 0 Å². The largest absolute Gasteiger partial charge is 0.368 e. The number of carbonyl (C=O) groups is 1. The quantitative estimate of drug-likeness (QED) is 0.847. The molecule has 110 valence electrons. The van der Waals surface area contributed by atoms with Gasteiger partial charge in [-0.3, -0.25) is 4.79 Å². The molecule has 0 fully saturated rings. The van der Waals surface area contributed by atoms with Crippen LogP contribution in [0.1, 0.15) is 30.6 Å². The second kappa shape index (κ2) is 7.22. The third-order valence-corrected chi connectivity index (χ3v) is 3.84. The number of benzene rings is 1. The van der Waals surface area contributed by atoms with Crippen molar-refractivity contribution >= 4 is 33.3 Å². The lowest BCUT2D eigenvalue weighted by Crippen LogP contribution is -2.15. The minimum Gasteiger partial charge on any atom is -0.368 e. The number of rotatable bonds is 5. The van der Waals surface area contributed by atoms with Crippen LogP contribution in [0.3, 0.4) is 0 Å². The molecule has 1 heterocycles. The van der Waals surface area contributed by atoms with Crippen LogP contribution in [0.15, 0.2) is 47.1 Å². The highest BCUT2D eigenvalue weighted by Gasteiger charge is 2.09. The number of amides is 1. The maximum absolute atomic E-state index is 12.2. The van der Waals surface area contributed by atoms with E-state index in [4.69, 9.17) is 0 Å². The maximum Gasteiger partial charge on any atom is 0.256 e. The predicted octanol–water partition coefficient (Wildman–Crippen LogP) is 4.31. The van der Waals surface area contributed by atoms with Gasteiger partial charge in [0.05, 0.1) is 17.4 Å². The first-order valence-corrected chi connectivity index (χ1v) is 7.68. The molecule has 1 amide bonds. The summed E-state index contributed by atoms with van der Waals surface area (Å²) >= 11 is 3.37. The van der Waals surface area contributed by atoms with Crippen molar-refractivity contribution in [1.82, 2.24) is 4.98 Å². The molecule has 5 heteroatoms. The Bertz CT molecular complexity index is 613. The Labute approximate surface area is 133 Å². The fourth-order valence-electron chi connectivity index (χ4n) is 1.75. The first-order chi connectivity index (χ1) is 10.1. The number of nitrogens with zero attached hydrogens (tertiary/aromatic N) is 1. The number of halogens is 1. The minimum atomic E-state index is -0.160. The normalized spacial score (nSPS) is 11.8. The van der Waals surface area contributed by atoms with E-state index < -0.39 is 0 Å². The topological polar surface area (TPSA) is 54.0 Å². The number of pyridine rings is 1. The van der Waals surface area contributed by atoms with Crippen LogP contribution in [-0.2, 0) is 0 Å². The minimum absolute atomic E-state index is 0.160. The van der Waals surface area contributed by atoms with Crippen molar-refractivity contribution in [2.75, 3.05) is 10.6 Å². The van der Waals surface area contributed by atoms with E-state index in [1.54, 1.807) is 12.3 Å². The lowest BCUT2D eigenvalue weighted by Gasteiger charge is -2.12. The van der Waals surface area contributed by atoms with E-state index in [2.05, 4.69) is 45.4 Å². The Morgan fingerprint density at radius 2 is 2.05 bits per heavy atom. The number of hydrogen-bond acceptors (Lipinski definition) is 3. The van der Waals surface area contributed by atoms with Crippen molar-refractivity contribution in [3.05, 3.63) is 52.6 Å². The van der Waals surface area contributed by atoms with Crippen LogP contribution in [-0.4, -0.2) is 16.9 Å². The average Bonchev–Trinajstić information content (AvgIpc) is 2.49. The van der Waals surface area contributed by atoms with E-state index in [1.165, 1.54) is 0 Å². The zero-order valence-corrected chi connectivity index (χ0v) is 13.6. The molecule has 1 unspecified atom stereocenters. The number of aromatic nitrogens is 1. The number of nitrogens with one attached hydrogen (secondary N) is 2. The molecule has 21 heavy (non-hydrogen) atoms. The van der Waals surface area contributed by atoms with Gasteiger partial charge in [0, 0.05) is 10.5 Å². The molecule has 0 spiro atoms. The van der Waals surface area contributed by atoms with Crippen molar-refractivity contribution in [2.45, 2.75) is 26.3 Å². The van der Waals surface area contributed by atoms with Crippen LogP contribution in [0.4, 0.5) is 11.5 Å². The van der Waals surface area contributed by atoms with Gasteiger partial charge in [-0.15, -0.1) is 0 Å². The summed E-state index contributed by atoms with van der Waals surface area (Å²) in [7, 11) is 0. The first kappa shape index (κ1) is 15.5. The molecular formula is C16H18BrN3O. The number of hydrogen-bond donors (Lipinski definition) is 2. The Balaban J connectivity index is 2.03. The van der Waals surface area contributed by atoms with E-state index in [1.807, 2.05) is 30.3 Å². The molecule has 1 aromatic heterocycles. The molecule has 1 aromatic carbocycles. The van der Waals surface area contributed by atoms with Crippen LogP contribution in [0.25, 0.3) is 0 Å². The summed E-state index contributed by atoms with van der Waals surface area (Å²) in [5, 5.41) is 6.12. The van der Waals surface area contributed by atoms with Crippen molar-refractivity contribution < 1.29 is 4.79 Å². The van der Waals surface area contributed by atoms with E-state index in [0.717, 1.165) is 16.7 Å². The van der Waals surface area contributed by atoms with Crippen LogP contribution < -0.4 is 10.6 Å². The fraction of sp³-hybridized carbons (Fsp3) is 0.250. The molecule has 2 aromatic rings. The second-order valence-electron chi connectivity index (χ2n) is 4.82. The molecule has 0 aliphatic rings. The number of carbonyl (C=O) groups excluding carboxylic acids is 1. The van der Waals surface area contributed by atoms with Gasteiger partial charge in [0.2, 0.25) is 0 Å². The third kappa shape index (κ3) is 4.29. The van der Waals surface area contributed by atoms with Crippen LogP contribution in [0, 0.1) is 0 Å². The fourth-order valence-corrected chi connectivity index (χ4v) is 2.22. The highest BCUT2D eigenvalue weighted by Crippen LogP contribution is 2.18. The molecule has 2 N–H and O–H groups in total. The summed E-state index contributed by atoms with van der Waals surface area (Å²) < 4.78 is 0.769. The Morgan fingerprint density at radius 1 is 1.29 bits per heavy atom. The zero-order chi connectivity index (χ0) is 15.2. The maximum atomic E-state index is 12.2. The van der Waals surface area contributed by atoms with E-state index in [9.17, 15) is 4.79 Å². The SMILES string of the molecule is CCC(C)Nc1ccc(NC(=O)c2ccccc2Br)cn1. The van der Waals surface area contributed by atoms with Crippen molar-refractivity contribution in [3.63, 3.8) is 0 Å². The van der Waals surface area contributed by atoms with Gasteiger partial charge in [0.1, 0.15) is 5.82 Å². The van der Waals surface area contributed by atoms with Gasteiger partial charge in [-0.05, 0) is 53.5 Å². The summed E-state index contributed by atoms with van der Waals surface area (Å²) in [5.74, 6) is 0.648. The Hall–Kier alpha value is -1.88. The third-order valence-electron chi connectivity index (χ3n) is 3.15. The summed E-state index contributed by atoms with van der Waals surface area (Å²) in [6.45, 7) is 4.22. The molecule has 4 nitrogen and oxygen atoms in total. The molecular weight excluding hydrogens is 330 g/mol. The highest BCUT2D eigenvalue weighted by molar-refractivity contribution is 9.10. The Kier molecular flexibility index (Phi) is 5.33. The van der Waals surface area contributed by atoms with Crippen LogP contribution in [0.2, 0.25) is 0 Å². The van der Waals surface area contributed by atoms with Gasteiger partial charge in [0.25, 0.3) is 5.91 Å². The molecule has 0 bridgehead atoms. The van der Waals surface area contributed by atoms with E-state index in [0.29, 0.717) is 17.3 Å². The van der Waals surface area contributed by atoms with Crippen LogP contribution >= 0.6 is 15.9 Å². The van der Waals surface area contributed by atoms with Gasteiger partial charge >= 0.3 is 0 Å². The molecule has 0 radical (unpaired) electrons. The van der Waals surface area contributed by atoms with Gasteiger partial charge in [0.15, 0.2) is 0 Å². The molecule has 0 aliphatic heterocycles. The lowest BCUT2D eigenvalue weighted by atomic mass is 10.2. The molecule has 2 rings (SSSR count). The van der Waals surface area contributed by atoms with Gasteiger partial charge in [-0.1, -0.05) is 19.1 Å². The molecule has 1 atom stereocenters. The van der Waals surface area contributed by atoms with Gasteiger partial charge in [-0.2, -0.15) is 0 Å². The number of anilines is 2. The summed E-state index contributed by atoms with van der Waals surface area (Å²) in [6, 6.07) is 11.4. The second-order valence-corrected chi connectivity index (χ2v) is 5.67. The lowest BCUT2D eigenvalue weighted by molar-refractivity contribution is 0.102. The van der Waals surface area contributed by atoms with Gasteiger partial charge in [-0.25, -0.2) is 4.98 Å². The predicted molar refractivity (Wildman–Crippen MR) is 89.7 cm³/mol. The molecule has 0 saturated heterocycles. The van der Waals surface area contributed by atoms with Crippen molar-refractivity contribution in [1.29, 1.82) is 0 Å². The van der Waals surface area contributed by atoms with E-state index in [-0.39, 0.29) is 5.91 Å². The van der Waals surface area contributed by atoms with Crippen molar-refractivity contribution in [2.24, 2.45) is 0 Å². The van der Waals surface area contributed by atoms with Crippen molar-refractivity contribution in [3.8, 4) is 0 Å². The van der Waals surface area contributed by atoms with Gasteiger partial charge < -0.3 is 10.6 Å². The summed E-state index contributed by atoms with van der Waals surface area (Å²) in [4.78, 5) is 16.5. The first-order valence-electron chi connectivity index (χ1n) is 6.88. The zero-order valence-electron chi connectivity index (χ0n) is 12.1. The highest BCUT2D eigenvalue weighted by atomic mass is 79.9.